The molecule has 0 saturated heterocycles. The fraction of sp³-hybridized carbons (Fsp3) is 0.705. The molecule has 1 unspecified atom stereocenters. The van der Waals surface area contributed by atoms with Crippen LogP contribution < -0.4 is 5.73 Å². The van der Waals surface area contributed by atoms with Crippen molar-refractivity contribution >= 4 is 25.7 Å². The van der Waals surface area contributed by atoms with Crippen LogP contribution in [0.4, 0.5) is 0 Å². The highest BCUT2D eigenvalue weighted by Gasteiger charge is 2.28. The van der Waals surface area contributed by atoms with Gasteiger partial charge in [-0.1, -0.05) is 139 Å². The summed E-state index contributed by atoms with van der Waals surface area (Å²) in [4.78, 5) is 45.9. The molecule has 0 spiro atoms. The van der Waals surface area contributed by atoms with Crippen molar-refractivity contribution in [2.24, 2.45) is 5.73 Å². The molecule has 0 aromatic carbocycles. The molecule has 0 aliphatic heterocycles. The standard InChI is InChI=1S/C44H76NO11P/c1-3-5-7-9-11-12-13-14-15-16-17-18-22-26-30-34-42(47)53-36-40(37-54-57(51,52)55-38-41(45)44(49)50)56-43(48)35-31-27-23-19-21-25-29-33-39(46)32-28-24-20-10-8-6-4-2/h12-13,19-20,23-25,28-29,32,39-41,46H,3-11,14-18,21-22,26-27,30-31,33-38,45H2,1-2H3,(H,49,50)(H,51,52)/b13-12-,23-19+,24-20-,29-25-,32-28-/t39-,40+,41-/m0/s1. The van der Waals surface area contributed by atoms with Gasteiger partial charge in [0.1, 0.15) is 12.6 Å². The Hall–Kier alpha value is -2.86. The quantitative estimate of drug-likeness (QED) is 0.0151. The van der Waals surface area contributed by atoms with Crippen molar-refractivity contribution in [1.82, 2.24) is 0 Å². The number of nitrogens with two attached hydrogens (primary N) is 1. The predicted octanol–water partition coefficient (Wildman–Crippen LogP) is 10.1. The van der Waals surface area contributed by atoms with E-state index in [1.807, 2.05) is 36.5 Å². The fourth-order valence-corrected chi connectivity index (χ4v) is 6.14. The highest BCUT2D eigenvalue weighted by molar-refractivity contribution is 7.47. The number of aliphatic hydroxyl groups excluding tert-OH is 1. The minimum Gasteiger partial charge on any atom is -0.480 e. The molecule has 328 valence electrons. The Labute approximate surface area is 343 Å². The summed E-state index contributed by atoms with van der Waals surface area (Å²) in [5.41, 5.74) is 5.32. The Kier molecular flexibility index (Phi) is 36.7. The van der Waals surface area contributed by atoms with E-state index in [2.05, 4.69) is 36.6 Å². The summed E-state index contributed by atoms with van der Waals surface area (Å²) in [6.07, 6.45) is 40.3. The minimum absolute atomic E-state index is 0.0484. The minimum atomic E-state index is -4.75. The van der Waals surface area contributed by atoms with Gasteiger partial charge in [0.25, 0.3) is 0 Å². The SMILES string of the molecule is CCCCC/C=C\C=C/[C@H](O)C/C=C\C/C=C/CCCC(=O)O[C@H](COC(=O)CCCCCCCCC/C=C\CCCCCC)COP(=O)(O)OC[C@H](N)C(=O)O. The molecule has 0 heterocycles. The zero-order valence-electron chi connectivity index (χ0n) is 35.0. The second-order valence-corrected chi connectivity index (χ2v) is 15.8. The molecule has 13 heteroatoms. The third-order valence-electron chi connectivity index (χ3n) is 8.82. The van der Waals surface area contributed by atoms with E-state index in [4.69, 9.17) is 24.8 Å². The van der Waals surface area contributed by atoms with Crippen molar-refractivity contribution in [2.45, 2.75) is 180 Å². The first-order chi connectivity index (χ1) is 27.5. The molecule has 4 atom stereocenters. The summed E-state index contributed by atoms with van der Waals surface area (Å²) in [5, 5.41) is 18.9. The highest BCUT2D eigenvalue weighted by Crippen LogP contribution is 2.43. The van der Waals surface area contributed by atoms with Gasteiger partial charge in [0.15, 0.2) is 6.10 Å². The smallest absolute Gasteiger partial charge is 0.472 e. The van der Waals surface area contributed by atoms with Gasteiger partial charge in [-0.05, 0) is 70.6 Å². The van der Waals surface area contributed by atoms with Crippen molar-refractivity contribution in [1.29, 1.82) is 0 Å². The first-order valence-corrected chi connectivity index (χ1v) is 22.9. The molecule has 0 aliphatic rings. The lowest BCUT2D eigenvalue weighted by Gasteiger charge is -2.20. The van der Waals surface area contributed by atoms with Gasteiger partial charge in [-0.25, -0.2) is 4.57 Å². The number of esters is 2. The molecule has 57 heavy (non-hydrogen) atoms. The van der Waals surface area contributed by atoms with E-state index < -0.39 is 63.8 Å². The van der Waals surface area contributed by atoms with Crippen LogP contribution in [0.15, 0.2) is 60.8 Å². The summed E-state index contributed by atoms with van der Waals surface area (Å²) in [6, 6.07) is -1.54. The number of phosphoric acid groups is 1. The van der Waals surface area contributed by atoms with Crippen LogP contribution in [0.3, 0.4) is 0 Å². The molecule has 5 N–H and O–H groups in total. The van der Waals surface area contributed by atoms with E-state index in [1.54, 1.807) is 6.08 Å². The second-order valence-electron chi connectivity index (χ2n) is 14.3. The van der Waals surface area contributed by atoms with Crippen molar-refractivity contribution < 1.29 is 52.6 Å². The Morgan fingerprint density at radius 2 is 1.16 bits per heavy atom. The lowest BCUT2D eigenvalue weighted by Crippen LogP contribution is -2.34. The summed E-state index contributed by atoms with van der Waals surface area (Å²) in [5.74, 6) is -2.51. The van der Waals surface area contributed by atoms with Gasteiger partial charge < -0.3 is 30.3 Å². The molecule has 0 saturated carbocycles. The van der Waals surface area contributed by atoms with Gasteiger partial charge in [0.2, 0.25) is 0 Å². The summed E-state index contributed by atoms with van der Waals surface area (Å²) >= 11 is 0. The fourth-order valence-electron chi connectivity index (χ4n) is 5.37. The first-order valence-electron chi connectivity index (χ1n) is 21.4. The molecule has 0 aromatic rings. The number of carbonyl (C=O) groups is 3. The van der Waals surface area contributed by atoms with E-state index >= 15 is 0 Å². The maximum Gasteiger partial charge on any atom is 0.472 e. The number of carboxylic acids is 1. The predicted molar refractivity (Wildman–Crippen MR) is 227 cm³/mol. The highest BCUT2D eigenvalue weighted by atomic mass is 31.2. The van der Waals surface area contributed by atoms with Gasteiger partial charge >= 0.3 is 25.7 Å². The van der Waals surface area contributed by atoms with E-state index in [9.17, 15) is 28.9 Å². The van der Waals surface area contributed by atoms with E-state index in [0.717, 1.165) is 38.5 Å². The summed E-state index contributed by atoms with van der Waals surface area (Å²) in [6.45, 7) is 2.60. The summed E-state index contributed by atoms with van der Waals surface area (Å²) in [7, 11) is -4.75. The lowest BCUT2D eigenvalue weighted by atomic mass is 10.1. The number of aliphatic carboxylic acids is 1. The molecule has 12 nitrogen and oxygen atoms in total. The van der Waals surface area contributed by atoms with Crippen molar-refractivity contribution in [3.05, 3.63) is 60.8 Å². The van der Waals surface area contributed by atoms with Crippen LogP contribution in [0.1, 0.15) is 162 Å². The number of phosphoric ester groups is 1. The molecule has 0 aromatic heterocycles. The van der Waals surface area contributed by atoms with E-state index in [-0.39, 0.29) is 12.8 Å². The van der Waals surface area contributed by atoms with Crippen LogP contribution in [0.25, 0.3) is 0 Å². The normalized spacial score (nSPS) is 14.9. The van der Waals surface area contributed by atoms with Crippen LogP contribution in [0.5, 0.6) is 0 Å². The third-order valence-corrected chi connectivity index (χ3v) is 9.77. The van der Waals surface area contributed by atoms with Crippen LogP contribution in [-0.2, 0) is 37.5 Å². The molecule has 0 fully saturated rings. The maximum absolute atomic E-state index is 12.6. The molecule has 0 rings (SSSR count). The van der Waals surface area contributed by atoms with Crippen LogP contribution in [-0.4, -0.2) is 71.1 Å². The molecule has 0 radical (unpaired) electrons. The molecule has 0 bridgehead atoms. The van der Waals surface area contributed by atoms with Gasteiger partial charge in [0.05, 0.1) is 19.3 Å². The number of hydrogen-bond acceptors (Lipinski definition) is 10. The Morgan fingerprint density at radius 3 is 1.84 bits per heavy atom. The zero-order chi connectivity index (χ0) is 42.2. The number of carbonyl (C=O) groups excluding carboxylic acids is 2. The summed E-state index contributed by atoms with van der Waals surface area (Å²) < 4.78 is 32.6. The van der Waals surface area contributed by atoms with Crippen molar-refractivity contribution in [2.75, 3.05) is 19.8 Å². The first kappa shape index (κ1) is 54.1. The van der Waals surface area contributed by atoms with Crippen molar-refractivity contribution in [3.63, 3.8) is 0 Å². The maximum atomic E-state index is 12.6. The number of allylic oxidation sites excluding steroid dienone is 8. The average Bonchev–Trinajstić information content (AvgIpc) is 3.18. The van der Waals surface area contributed by atoms with Gasteiger partial charge in [-0.15, -0.1) is 0 Å². The largest absolute Gasteiger partial charge is 0.480 e. The molecular formula is C44H76NO11P. The lowest BCUT2D eigenvalue weighted by molar-refractivity contribution is -0.161. The number of hydrogen-bond donors (Lipinski definition) is 4. The Bertz CT molecular complexity index is 1220. The number of unbranched alkanes of at least 4 members (excludes halogenated alkanes) is 15. The number of rotatable bonds is 39. The monoisotopic (exact) mass is 826 g/mol. The zero-order valence-corrected chi connectivity index (χ0v) is 35.9. The molecule has 0 amide bonds. The van der Waals surface area contributed by atoms with E-state index in [1.165, 1.54) is 64.2 Å². The Balaban J connectivity index is 4.55. The average molecular weight is 826 g/mol. The number of carboxylic acid groups (broad SMARTS) is 1. The van der Waals surface area contributed by atoms with Crippen LogP contribution in [0.2, 0.25) is 0 Å². The van der Waals surface area contributed by atoms with Crippen LogP contribution >= 0.6 is 7.82 Å². The third kappa shape index (κ3) is 38.4. The van der Waals surface area contributed by atoms with E-state index in [0.29, 0.717) is 32.1 Å². The second kappa shape index (κ2) is 38.6. The van der Waals surface area contributed by atoms with Gasteiger partial charge in [-0.3, -0.25) is 23.4 Å². The van der Waals surface area contributed by atoms with Gasteiger partial charge in [-0.2, -0.15) is 0 Å². The number of aliphatic hydroxyl groups is 1. The molecular weight excluding hydrogens is 749 g/mol. The van der Waals surface area contributed by atoms with Crippen LogP contribution in [0, 0.1) is 0 Å². The topological polar surface area (TPSA) is 192 Å². The van der Waals surface area contributed by atoms with Crippen molar-refractivity contribution in [3.8, 4) is 0 Å². The van der Waals surface area contributed by atoms with Gasteiger partial charge in [0, 0.05) is 12.8 Å². The molecule has 0 aliphatic carbocycles. The number of ether oxygens (including phenoxy) is 2. The Morgan fingerprint density at radius 1 is 0.632 bits per heavy atom.